The first kappa shape index (κ1) is 8.77. The average molecular weight is 201 g/mol. The van der Waals surface area contributed by atoms with Crippen molar-refractivity contribution in [3.05, 3.63) is 17.9 Å². The third-order valence-electron chi connectivity index (χ3n) is 2.23. The van der Waals surface area contributed by atoms with Crippen LogP contribution < -0.4 is 5.73 Å². The van der Waals surface area contributed by atoms with E-state index in [1.54, 1.807) is 6.07 Å². The van der Waals surface area contributed by atoms with Gasteiger partial charge >= 0.3 is 0 Å². The van der Waals surface area contributed by atoms with E-state index in [1.165, 1.54) is 6.07 Å². The lowest BCUT2D eigenvalue weighted by Crippen LogP contribution is -2.17. The minimum absolute atomic E-state index is 0.000718. The van der Waals surface area contributed by atoms with Crippen LogP contribution in [0, 0.1) is 0 Å². The van der Waals surface area contributed by atoms with E-state index < -0.39 is 15.4 Å². The van der Waals surface area contributed by atoms with E-state index in [0.717, 1.165) is 19.1 Å². The fraction of sp³-hybridized carbons (Fsp3) is 0.500. The zero-order valence-electron chi connectivity index (χ0n) is 7.28. The zero-order chi connectivity index (χ0) is 9.69. The largest absolute Gasteiger partial charge is 0.448 e. The van der Waals surface area contributed by atoms with Crippen molar-refractivity contribution in [2.45, 2.75) is 23.5 Å². The maximum atomic E-state index is 11.1. The van der Waals surface area contributed by atoms with E-state index in [9.17, 15) is 8.42 Å². The molecule has 4 nitrogen and oxygen atoms in total. The predicted octanol–water partition coefficient (Wildman–Crippen LogP) is 0.631. The lowest BCUT2D eigenvalue weighted by atomic mass is 10.2. The highest BCUT2D eigenvalue weighted by molar-refractivity contribution is 7.90. The predicted molar refractivity (Wildman–Crippen MR) is 46.9 cm³/mol. The van der Waals surface area contributed by atoms with Crippen molar-refractivity contribution in [1.82, 2.24) is 0 Å². The summed E-state index contributed by atoms with van der Waals surface area (Å²) in [4.78, 5) is 0. The van der Waals surface area contributed by atoms with Gasteiger partial charge in [0.15, 0.2) is 0 Å². The van der Waals surface area contributed by atoms with Crippen molar-refractivity contribution in [1.29, 1.82) is 0 Å². The Morgan fingerprint density at radius 1 is 1.46 bits per heavy atom. The Labute approximate surface area is 76.6 Å². The van der Waals surface area contributed by atoms with Gasteiger partial charge in [0.1, 0.15) is 5.76 Å². The molecule has 0 radical (unpaired) electrons. The molecule has 1 aromatic rings. The minimum Gasteiger partial charge on any atom is -0.448 e. The molecule has 72 valence electrons. The summed E-state index contributed by atoms with van der Waals surface area (Å²) in [6, 6.07) is 3.10. The summed E-state index contributed by atoms with van der Waals surface area (Å²) in [6.07, 6.45) is 2.85. The minimum atomic E-state index is -3.24. The van der Waals surface area contributed by atoms with E-state index in [2.05, 4.69) is 0 Å². The summed E-state index contributed by atoms with van der Waals surface area (Å²) in [5.74, 6) is 0.577. The lowest BCUT2D eigenvalue weighted by molar-refractivity contribution is 0.384. The molecule has 0 unspecified atom stereocenters. The summed E-state index contributed by atoms with van der Waals surface area (Å²) in [6.45, 7) is 0. The normalized spacial score (nSPS) is 20.2. The van der Waals surface area contributed by atoms with E-state index >= 15 is 0 Å². The van der Waals surface area contributed by atoms with Gasteiger partial charge in [-0.3, -0.25) is 0 Å². The average Bonchev–Trinajstić information content (AvgIpc) is 2.60. The van der Waals surface area contributed by atoms with Gasteiger partial charge in [0.2, 0.25) is 14.9 Å². The van der Waals surface area contributed by atoms with E-state index in [-0.39, 0.29) is 5.09 Å². The number of rotatable bonds is 2. The standard InChI is InChI=1S/C8H11NO3S/c1-13(10,11)7-3-2-6(12-7)8(9)4-5-8/h2-3H,4-5,9H2,1H3. The molecule has 1 fully saturated rings. The first-order valence-electron chi connectivity index (χ1n) is 4.01. The van der Waals surface area contributed by atoms with Crippen LogP contribution in [-0.4, -0.2) is 14.7 Å². The molecular weight excluding hydrogens is 190 g/mol. The van der Waals surface area contributed by atoms with E-state index in [1.807, 2.05) is 0 Å². The monoisotopic (exact) mass is 201 g/mol. The van der Waals surface area contributed by atoms with Crippen molar-refractivity contribution in [2.24, 2.45) is 5.73 Å². The SMILES string of the molecule is CS(=O)(=O)c1ccc(C2(N)CC2)o1. The van der Waals surface area contributed by atoms with Crippen LogP contribution in [0.3, 0.4) is 0 Å². The topological polar surface area (TPSA) is 73.3 Å². The van der Waals surface area contributed by atoms with Crippen LogP contribution in [0.1, 0.15) is 18.6 Å². The van der Waals surface area contributed by atoms with Crippen LogP contribution in [0.25, 0.3) is 0 Å². The molecule has 1 aliphatic carbocycles. The zero-order valence-corrected chi connectivity index (χ0v) is 8.10. The van der Waals surface area contributed by atoms with Crippen molar-refractivity contribution in [3.63, 3.8) is 0 Å². The van der Waals surface area contributed by atoms with Crippen LogP contribution in [0.15, 0.2) is 21.6 Å². The van der Waals surface area contributed by atoms with Gasteiger partial charge in [0.25, 0.3) is 0 Å². The molecule has 1 aliphatic rings. The Kier molecular flexibility index (Phi) is 1.59. The lowest BCUT2D eigenvalue weighted by Gasteiger charge is -2.02. The van der Waals surface area contributed by atoms with Crippen LogP contribution >= 0.6 is 0 Å². The Morgan fingerprint density at radius 2 is 2.08 bits per heavy atom. The fourth-order valence-corrected chi connectivity index (χ4v) is 1.72. The molecule has 1 aromatic heterocycles. The molecule has 2 N–H and O–H groups in total. The molecule has 0 spiro atoms. The molecule has 0 amide bonds. The van der Waals surface area contributed by atoms with Crippen molar-refractivity contribution in [2.75, 3.05) is 6.26 Å². The molecule has 0 aromatic carbocycles. The molecule has 5 heteroatoms. The molecule has 0 bridgehead atoms. The van der Waals surface area contributed by atoms with E-state index in [4.69, 9.17) is 10.2 Å². The quantitative estimate of drug-likeness (QED) is 0.761. The van der Waals surface area contributed by atoms with Gasteiger partial charge in [-0.2, -0.15) is 0 Å². The number of sulfone groups is 1. The third kappa shape index (κ3) is 1.49. The molecule has 0 saturated heterocycles. The number of furan rings is 1. The molecule has 1 saturated carbocycles. The number of hydrogen-bond donors (Lipinski definition) is 1. The summed E-state index contributed by atoms with van der Waals surface area (Å²) in [5.41, 5.74) is 5.44. The second-order valence-corrected chi connectivity index (χ2v) is 5.49. The first-order valence-corrected chi connectivity index (χ1v) is 5.90. The number of nitrogens with two attached hydrogens (primary N) is 1. The molecule has 0 aliphatic heterocycles. The number of hydrogen-bond acceptors (Lipinski definition) is 4. The van der Waals surface area contributed by atoms with Crippen LogP contribution in [0.2, 0.25) is 0 Å². The molecule has 13 heavy (non-hydrogen) atoms. The third-order valence-corrected chi connectivity index (χ3v) is 3.18. The fourth-order valence-electron chi connectivity index (χ4n) is 1.17. The summed E-state index contributed by atoms with van der Waals surface area (Å²) >= 11 is 0. The Balaban J connectivity index is 2.39. The first-order chi connectivity index (χ1) is 5.92. The van der Waals surface area contributed by atoms with Crippen molar-refractivity contribution >= 4 is 9.84 Å². The maximum absolute atomic E-state index is 11.1. The molecular formula is C8H11NO3S. The van der Waals surface area contributed by atoms with Crippen LogP contribution in [0.4, 0.5) is 0 Å². The molecule has 0 atom stereocenters. The highest BCUT2D eigenvalue weighted by atomic mass is 32.2. The molecule has 1 heterocycles. The van der Waals surface area contributed by atoms with Gasteiger partial charge < -0.3 is 10.2 Å². The highest BCUT2D eigenvalue weighted by Crippen LogP contribution is 2.43. The second-order valence-electron chi connectivity index (χ2n) is 3.55. The second kappa shape index (κ2) is 2.36. The summed E-state index contributed by atoms with van der Waals surface area (Å²) in [7, 11) is -3.24. The Bertz CT molecular complexity index is 428. The summed E-state index contributed by atoms with van der Waals surface area (Å²) in [5, 5.41) is -0.000718. The van der Waals surface area contributed by atoms with Crippen LogP contribution in [0.5, 0.6) is 0 Å². The van der Waals surface area contributed by atoms with Gasteiger partial charge in [0, 0.05) is 6.26 Å². The Hall–Kier alpha value is -0.810. The maximum Gasteiger partial charge on any atom is 0.217 e. The van der Waals surface area contributed by atoms with Gasteiger partial charge in [0.05, 0.1) is 5.54 Å². The van der Waals surface area contributed by atoms with Gasteiger partial charge in [-0.15, -0.1) is 0 Å². The molecule has 2 rings (SSSR count). The van der Waals surface area contributed by atoms with Gasteiger partial charge in [-0.05, 0) is 25.0 Å². The smallest absolute Gasteiger partial charge is 0.217 e. The van der Waals surface area contributed by atoms with E-state index in [0.29, 0.717) is 5.76 Å². The van der Waals surface area contributed by atoms with Crippen LogP contribution in [-0.2, 0) is 15.4 Å². The van der Waals surface area contributed by atoms with Gasteiger partial charge in [-0.25, -0.2) is 8.42 Å². The van der Waals surface area contributed by atoms with Gasteiger partial charge in [-0.1, -0.05) is 0 Å². The summed E-state index contributed by atoms with van der Waals surface area (Å²) < 4.78 is 27.3. The Morgan fingerprint density at radius 3 is 2.46 bits per heavy atom. The van der Waals surface area contributed by atoms with Crippen molar-refractivity contribution in [3.8, 4) is 0 Å². The van der Waals surface area contributed by atoms with Crippen molar-refractivity contribution < 1.29 is 12.8 Å². The highest BCUT2D eigenvalue weighted by Gasteiger charge is 2.43.